The minimum Gasteiger partial charge on any atom is -0.357 e. The van der Waals surface area contributed by atoms with Gasteiger partial charge < -0.3 is 10.2 Å². The van der Waals surface area contributed by atoms with Crippen molar-refractivity contribution in [2.24, 2.45) is 0 Å². The number of nitrogens with one attached hydrogen (secondary N) is 1. The summed E-state index contributed by atoms with van der Waals surface area (Å²) in [4.78, 5) is 28.0. The smallest absolute Gasteiger partial charge is 0.242 e. The molecule has 0 aliphatic heterocycles. The molecule has 33 heavy (non-hydrogen) atoms. The molecule has 0 unspecified atom stereocenters. The molecule has 3 aromatic rings. The Morgan fingerprint density at radius 2 is 1.52 bits per heavy atom. The van der Waals surface area contributed by atoms with E-state index in [1.54, 1.807) is 24.1 Å². The molecule has 1 N–H and O–H groups in total. The van der Waals surface area contributed by atoms with E-state index in [9.17, 15) is 9.59 Å². The van der Waals surface area contributed by atoms with Crippen molar-refractivity contribution in [3.63, 3.8) is 0 Å². The molecule has 7 heteroatoms. The van der Waals surface area contributed by atoms with Crippen LogP contribution in [0.25, 0.3) is 0 Å². The van der Waals surface area contributed by atoms with Gasteiger partial charge in [-0.1, -0.05) is 89.9 Å². The summed E-state index contributed by atoms with van der Waals surface area (Å²) in [6, 6.07) is 24.3. The number of benzene rings is 3. The Hall–Kier alpha value is -2.47. The first-order chi connectivity index (χ1) is 16.0. The van der Waals surface area contributed by atoms with Crippen molar-refractivity contribution in [2.45, 2.75) is 24.8 Å². The molecule has 3 aromatic carbocycles. The van der Waals surface area contributed by atoms with E-state index in [1.807, 2.05) is 66.7 Å². The summed E-state index contributed by atoms with van der Waals surface area (Å²) in [5.74, 6) is 0.668. The minimum atomic E-state index is -0.656. The van der Waals surface area contributed by atoms with Crippen molar-refractivity contribution in [3.05, 3.63) is 106 Å². The molecule has 0 aliphatic carbocycles. The number of rotatable bonds is 10. The van der Waals surface area contributed by atoms with Crippen LogP contribution in [0.2, 0.25) is 10.0 Å². The van der Waals surface area contributed by atoms with Gasteiger partial charge in [0.15, 0.2) is 0 Å². The van der Waals surface area contributed by atoms with E-state index in [2.05, 4.69) is 5.32 Å². The Morgan fingerprint density at radius 3 is 2.12 bits per heavy atom. The second kappa shape index (κ2) is 12.7. The molecular weight excluding hydrogens is 475 g/mol. The van der Waals surface area contributed by atoms with E-state index in [4.69, 9.17) is 23.2 Å². The first-order valence-electron chi connectivity index (χ1n) is 10.6. The van der Waals surface area contributed by atoms with Crippen molar-refractivity contribution < 1.29 is 9.59 Å². The maximum absolute atomic E-state index is 13.4. The summed E-state index contributed by atoms with van der Waals surface area (Å²) in [6.45, 7) is 0.256. The number of hydrogen-bond acceptors (Lipinski definition) is 3. The zero-order valence-electron chi connectivity index (χ0n) is 18.3. The summed E-state index contributed by atoms with van der Waals surface area (Å²) in [7, 11) is 1.59. The second-order valence-electron chi connectivity index (χ2n) is 7.57. The fourth-order valence-electron chi connectivity index (χ4n) is 3.47. The third kappa shape index (κ3) is 7.53. The molecule has 0 radical (unpaired) electrons. The third-order valence-electron chi connectivity index (χ3n) is 5.19. The molecule has 2 amide bonds. The lowest BCUT2D eigenvalue weighted by Crippen LogP contribution is -2.50. The Labute approximate surface area is 209 Å². The fourth-order valence-corrected chi connectivity index (χ4v) is 4.66. The normalized spacial score (nSPS) is 11.6. The highest BCUT2D eigenvalue weighted by Gasteiger charge is 2.29. The maximum atomic E-state index is 13.4. The number of thioether (sulfide) groups is 1. The first kappa shape index (κ1) is 25.2. The topological polar surface area (TPSA) is 49.4 Å². The third-order valence-corrected chi connectivity index (χ3v) is 6.92. The van der Waals surface area contributed by atoms with Crippen LogP contribution >= 0.6 is 35.0 Å². The van der Waals surface area contributed by atoms with Crippen molar-refractivity contribution in [1.29, 1.82) is 0 Å². The van der Waals surface area contributed by atoms with E-state index in [-0.39, 0.29) is 24.1 Å². The van der Waals surface area contributed by atoms with Crippen LogP contribution in [-0.4, -0.2) is 35.6 Å². The van der Waals surface area contributed by atoms with E-state index in [0.717, 1.165) is 22.4 Å². The van der Waals surface area contributed by atoms with Crippen LogP contribution in [0.4, 0.5) is 0 Å². The Balaban J connectivity index is 1.83. The van der Waals surface area contributed by atoms with Gasteiger partial charge in [-0.15, -0.1) is 11.8 Å². The highest BCUT2D eigenvalue weighted by Crippen LogP contribution is 2.25. The fraction of sp³-hybridized carbons (Fsp3) is 0.231. The van der Waals surface area contributed by atoms with Gasteiger partial charge in [0.2, 0.25) is 11.8 Å². The van der Waals surface area contributed by atoms with Gasteiger partial charge in [0.25, 0.3) is 0 Å². The molecule has 0 spiro atoms. The number of carbonyl (C=O) groups is 2. The van der Waals surface area contributed by atoms with Crippen LogP contribution in [-0.2, 0) is 28.3 Å². The molecule has 0 saturated carbocycles. The van der Waals surface area contributed by atoms with E-state index in [0.29, 0.717) is 16.5 Å². The highest BCUT2D eigenvalue weighted by molar-refractivity contribution is 7.99. The van der Waals surface area contributed by atoms with Crippen molar-refractivity contribution >= 4 is 46.8 Å². The Bertz CT molecular complexity index is 1060. The predicted octanol–water partition coefficient (Wildman–Crippen LogP) is 5.61. The molecule has 0 aromatic heterocycles. The molecule has 0 fully saturated rings. The summed E-state index contributed by atoms with van der Waals surface area (Å²) in [5, 5.41) is 3.59. The summed E-state index contributed by atoms with van der Waals surface area (Å²) in [5.41, 5.74) is 2.95. The van der Waals surface area contributed by atoms with Crippen LogP contribution in [0.1, 0.15) is 16.7 Å². The van der Waals surface area contributed by atoms with Gasteiger partial charge in [-0.05, 0) is 28.8 Å². The number of halogens is 2. The monoisotopic (exact) mass is 500 g/mol. The van der Waals surface area contributed by atoms with Crippen molar-refractivity contribution in [2.75, 3.05) is 12.8 Å². The average Bonchev–Trinajstić information content (AvgIpc) is 2.84. The average molecular weight is 501 g/mol. The van der Waals surface area contributed by atoms with Crippen LogP contribution in [0.5, 0.6) is 0 Å². The van der Waals surface area contributed by atoms with Gasteiger partial charge in [-0.2, -0.15) is 0 Å². The van der Waals surface area contributed by atoms with Crippen LogP contribution in [0.3, 0.4) is 0 Å². The summed E-state index contributed by atoms with van der Waals surface area (Å²) in [6.07, 6.45) is 0.414. The number of amides is 2. The van der Waals surface area contributed by atoms with Gasteiger partial charge >= 0.3 is 0 Å². The second-order valence-corrected chi connectivity index (χ2v) is 9.37. The lowest BCUT2D eigenvalue weighted by atomic mass is 10.0. The number of carbonyl (C=O) groups excluding carboxylic acids is 2. The number of nitrogens with zero attached hydrogens (tertiary/aromatic N) is 1. The molecule has 0 aliphatic rings. The lowest BCUT2D eigenvalue weighted by molar-refractivity contribution is -0.139. The van der Waals surface area contributed by atoms with Crippen molar-refractivity contribution in [1.82, 2.24) is 10.2 Å². The molecule has 1 atom stereocenters. The maximum Gasteiger partial charge on any atom is 0.242 e. The predicted molar refractivity (Wildman–Crippen MR) is 138 cm³/mol. The van der Waals surface area contributed by atoms with Gasteiger partial charge in [-0.3, -0.25) is 9.59 Å². The highest BCUT2D eigenvalue weighted by atomic mass is 35.5. The van der Waals surface area contributed by atoms with Crippen LogP contribution in [0.15, 0.2) is 78.9 Å². The lowest BCUT2D eigenvalue weighted by Gasteiger charge is -2.31. The van der Waals surface area contributed by atoms with Gasteiger partial charge in [0, 0.05) is 25.8 Å². The number of hydrogen-bond donors (Lipinski definition) is 1. The molecular formula is C26H26Cl2N2O2S. The zero-order chi connectivity index (χ0) is 23.6. The van der Waals surface area contributed by atoms with Crippen molar-refractivity contribution in [3.8, 4) is 0 Å². The Morgan fingerprint density at radius 1 is 0.879 bits per heavy atom. The van der Waals surface area contributed by atoms with E-state index < -0.39 is 6.04 Å². The Kier molecular flexibility index (Phi) is 9.67. The quantitative estimate of drug-likeness (QED) is 0.393. The van der Waals surface area contributed by atoms with Gasteiger partial charge in [-0.25, -0.2) is 0 Å². The van der Waals surface area contributed by atoms with Gasteiger partial charge in [0.1, 0.15) is 6.04 Å². The first-order valence-corrected chi connectivity index (χ1v) is 12.5. The van der Waals surface area contributed by atoms with Gasteiger partial charge in [0.05, 0.1) is 15.8 Å². The molecule has 172 valence electrons. The molecule has 0 bridgehead atoms. The summed E-state index contributed by atoms with van der Waals surface area (Å²) < 4.78 is 0. The number of likely N-dealkylation sites (N-methyl/N-ethyl adjacent to an activating group) is 1. The molecule has 0 heterocycles. The molecule has 0 saturated heterocycles. The zero-order valence-corrected chi connectivity index (χ0v) is 20.7. The summed E-state index contributed by atoms with van der Waals surface area (Å²) >= 11 is 13.8. The SMILES string of the molecule is CNC(=O)[C@H](Cc1ccccc1)N(Cc1ccc(Cl)c(Cl)c1)C(=O)CSCc1ccccc1. The minimum absolute atomic E-state index is 0.105. The standard InChI is InChI=1S/C26H26Cl2N2O2S/c1-29-26(32)24(15-19-8-4-2-5-9-19)30(16-21-12-13-22(27)23(28)14-21)25(31)18-33-17-20-10-6-3-7-11-20/h2-14,24H,15-18H2,1H3,(H,29,32)/t24-/m0/s1. The van der Waals surface area contributed by atoms with E-state index >= 15 is 0 Å². The molecule has 3 rings (SSSR count). The largest absolute Gasteiger partial charge is 0.357 e. The van der Waals surface area contributed by atoms with E-state index in [1.165, 1.54) is 11.8 Å². The van der Waals surface area contributed by atoms with Crippen LogP contribution in [0, 0.1) is 0 Å². The molecule has 4 nitrogen and oxygen atoms in total. The van der Waals surface area contributed by atoms with Crippen LogP contribution < -0.4 is 5.32 Å².